The second-order valence-corrected chi connectivity index (χ2v) is 8.26. The first-order chi connectivity index (χ1) is 14.6. The smallest absolute Gasteiger partial charge is 0.363 e. The number of piperazine rings is 1. The van der Waals surface area contributed by atoms with Crippen LogP contribution in [0.1, 0.15) is 11.3 Å². The molecule has 0 saturated carbocycles. The van der Waals surface area contributed by atoms with Crippen LogP contribution in [0.2, 0.25) is 5.02 Å². The molecule has 1 aliphatic rings. The first-order valence-electron chi connectivity index (χ1n) is 9.11. The Hall–Kier alpha value is -2.70. The average Bonchev–Trinajstić information content (AvgIpc) is 3.16. The SMILES string of the molecule is O=c1cc(CN2CCN(c3cc(Cl)c(C(F)(F)F)cc3[N+](=O)[O-])CC2)nc2sccn12. The molecule has 164 valence electrons. The molecule has 4 rings (SSSR count). The van der Waals surface area contributed by atoms with Crippen LogP contribution in [0.25, 0.3) is 4.96 Å². The molecule has 0 spiro atoms. The van der Waals surface area contributed by atoms with Gasteiger partial charge in [-0.3, -0.25) is 24.2 Å². The van der Waals surface area contributed by atoms with Crippen molar-refractivity contribution in [1.82, 2.24) is 14.3 Å². The van der Waals surface area contributed by atoms with Crippen LogP contribution in [-0.4, -0.2) is 45.4 Å². The van der Waals surface area contributed by atoms with Gasteiger partial charge in [0.25, 0.3) is 11.2 Å². The molecular weight excluding hydrogens is 459 g/mol. The Bertz CT molecular complexity index is 1200. The van der Waals surface area contributed by atoms with Gasteiger partial charge < -0.3 is 4.90 Å². The maximum Gasteiger partial charge on any atom is 0.418 e. The van der Waals surface area contributed by atoms with E-state index in [9.17, 15) is 28.1 Å². The molecule has 1 aromatic carbocycles. The number of nitro benzene ring substituents is 1. The Balaban J connectivity index is 1.51. The quantitative estimate of drug-likeness (QED) is 0.425. The van der Waals surface area contributed by atoms with E-state index in [0.29, 0.717) is 49.4 Å². The number of benzene rings is 1. The molecule has 0 unspecified atom stereocenters. The lowest BCUT2D eigenvalue weighted by Gasteiger charge is -2.35. The first-order valence-corrected chi connectivity index (χ1v) is 10.4. The van der Waals surface area contributed by atoms with Crippen LogP contribution < -0.4 is 10.5 Å². The highest BCUT2D eigenvalue weighted by Crippen LogP contribution is 2.41. The normalized spacial score (nSPS) is 15.5. The largest absolute Gasteiger partial charge is 0.418 e. The van der Waals surface area contributed by atoms with Gasteiger partial charge in [0.15, 0.2) is 4.96 Å². The number of hydrogen-bond donors (Lipinski definition) is 0. The third kappa shape index (κ3) is 4.36. The standard InChI is InChI=1S/C18H15ClF3N5O3S/c19-13-9-14(15(27(29)30)8-12(13)18(20,21)22)25-3-1-24(2-4-25)10-11-7-16(28)26-5-6-31-17(26)23-11/h5-9H,1-4,10H2. The van der Waals surface area contributed by atoms with E-state index in [2.05, 4.69) is 4.98 Å². The number of anilines is 1. The molecule has 0 atom stereocenters. The van der Waals surface area contributed by atoms with Crippen molar-refractivity contribution in [2.45, 2.75) is 12.7 Å². The van der Waals surface area contributed by atoms with Gasteiger partial charge >= 0.3 is 6.18 Å². The third-order valence-electron chi connectivity index (χ3n) is 5.02. The molecule has 0 bridgehead atoms. The summed E-state index contributed by atoms with van der Waals surface area (Å²) in [6.45, 7) is 2.10. The van der Waals surface area contributed by atoms with Crippen molar-refractivity contribution in [2.24, 2.45) is 0 Å². The van der Waals surface area contributed by atoms with Crippen LogP contribution in [0.4, 0.5) is 24.5 Å². The summed E-state index contributed by atoms with van der Waals surface area (Å²) in [4.78, 5) is 31.4. The van der Waals surface area contributed by atoms with Crippen LogP contribution in [-0.2, 0) is 12.7 Å². The average molecular weight is 474 g/mol. The lowest BCUT2D eigenvalue weighted by atomic mass is 10.1. The third-order valence-corrected chi connectivity index (χ3v) is 6.09. The summed E-state index contributed by atoms with van der Waals surface area (Å²) in [7, 11) is 0. The molecule has 0 radical (unpaired) electrons. The van der Waals surface area contributed by atoms with Gasteiger partial charge in [-0.25, -0.2) is 4.98 Å². The summed E-state index contributed by atoms with van der Waals surface area (Å²) < 4.78 is 40.7. The molecule has 13 heteroatoms. The molecule has 3 aromatic rings. The van der Waals surface area contributed by atoms with Crippen LogP contribution in [0, 0.1) is 10.1 Å². The number of aromatic nitrogens is 2. The van der Waals surface area contributed by atoms with Crippen molar-refractivity contribution in [3.8, 4) is 0 Å². The summed E-state index contributed by atoms with van der Waals surface area (Å²) in [5.74, 6) is 0. The van der Waals surface area contributed by atoms with E-state index in [4.69, 9.17) is 11.6 Å². The number of nitro groups is 1. The van der Waals surface area contributed by atoms with Crippen molar-refractivity contribution in [3.63, 3.8) is 0 Å². The van der Waals surface area contributed by atoms with E-state index in [-0.39, 0.29) is 11.2 Å². The van der Waals surface area contributed by atoms with Crippen molar-refractivity contribution in [3.05, 3.63) is 66.5 Å². The number of hydrogen-bond acceptors (Lipinski definition) is 7. The minimum atomic E-state index is -4.78. The van der Waals surface area contributed by atoms with Gasteiger partial charge in [0.1, 0.15) is 5.69 Å². The Morgan fingerprint density at radius 1 is 1.19 bits per heavy atom. The lowest BCUT2D eigenvalue weighted by Crippen LogP contribution is -2.46. The van der Waals surface area contributed by atoms with Crippen molar-refractivity contribution < 1.29 is 18.1 Å². The highest BCUT2D eigenvalue weighted by Gasteiger charge is 2.37. The van der Waals surface area contributed by atoms with Gasteiger partial charge in [-0.15, -0.1) is 11.3 Å². The highest BCUT2D eigenvalue weighted by molar-refractivity contribution is 7.15. The zero-order chi connectivity index (χ0) is 22.3. The Morgan fingerprint density at radius 2 is 1.90 bits per heavy atom. The maximum absolute atomic E-state index is 13.1. The molecule has 31 heavy (non-hydrogen) atoms. The minimum Gasteiger partial charge on any atom is -0.363 e. The lowest BCUT2D eigenvalue weighted by molar-refractivity contribution is -0.384. The van der Waals surface area contributed by atoms with E-state index in [1.807, 2.05) is 4.90 Å². The van der Waals surface area contributed by atoms with E-state index in [0.717, 1.165) is 6.07 Å². The van der Waals surface area contributed by atoms with Crippen molar-refractivity contribution >= 4 is 39.3 Å². The van der Waals surface area contributed by atoms with Gasteiger partial charge in [0, 0.05) is 56.4 Å². The molecule has 0 aliphatic carbocycles. The van der Waals surface area contributed by atoms with Crippen molar-refractivity contribution in [1.29, 1.82) is 0 Å². The van der Waals surface area contributed by atoms with E-state index in [1.165, 1.54) is 21.8 Å². The molecule has 8 nitrogen and oxygen atoms in total. The minimum absolute atomic E-state index is 0.0547. The fourth-order valence-electron chi connectivity index (χ4n) is 3.51. The van der Waals surface area contributed by atoms with Gasteiger partial charge in [0.2, 0.25) is 0 Å². The zero-order valence-corrected chi connectivity index (χ0v) is 17.4. The van der Waals surface area contributed by atoms with Crippen LogP contribution in [0.5, 0.6) is 0 Å². The summed E-state index contributed by atoms with van der Waals surface area (Å²) in [6, 6.07) is 2.95. The molecule has 1 fully saturated rings. The van der Waals surface area contributed by atoms with Crippen LogP contribution in [0.15, 0.2) is 34.6 Å². The molecule has 1 aliphatic heterocycles. The van der Waals surface area contributed by atoms with Gasteiger partial charge in [-0.05, 0) is 6.07 Å². The fourth-order valence-corrected chi connectivity index (χ4v) is 4.52. The van der Waals surface area contributed by atoms with Crippen molar-refractivity contribution in [2.75, 3.05) is 31.1 Å². The van der Waals surface area contributed by atoms with E-state index >= 15 is 0 Å². The number of rotatable bonds is 4. The van der Waals surface area contributed by atoms with Gasteiger partial charge in [0.05, 0.1) is 21.2 Å². The molecule has 3 heterocycles. The number of nitrogens with zero attached hydrogens (tertiary/aromatic N) is 5. The topological polar surface area (TPSA) is 84.0 Å². The highest BCUT2D eigenvalue weighted by atomic mass is 35.5. The zero-order valence-electron chi connectivity index (χ0n) is 15.8. The molecule has 2 aromatic heterocycles. The van der Waals surface area contributed by atoms with Crippen LogP contribution in [0.3, 0.4) is 0 Å². The Kier molecular flexibility index (Phi) is 5.62. The molecule has 0 amide bonds. The van der Waals surface area contributed by atoms with Crippen LogP contribution >= 0.6 is 22.9 Å². The van der Waals surface area contributed by atoms with Gasteiger partial charge in [-0.1, -0.05) is 11.6 Å². The predicted molar refractivity (Wildman–Crippen MR) is 110 cm³/mol. The fraction of sp³-hybridized carbons (Fsp3) is 0.333. The summed E-state index contributed by atoms with van der Waals surface area (Å²) in [6.07, 6.45) is -3.13. The first kappa shape index (κ1) is 21.5. The van der Waals surface area contributed by atoms with Gasteiger partial charge in [-0.2, -0.15) is 13.2 Å². The van der Waals surface area contributed by atoms with E-state index < -0.39 is 27.4 Å². The Morgan fingerprint density at radius 3 is 2.55 bits per heavy atom. The molecular formula is C18H15ClF3N5O3S. The monoisotopic (exact) mass is 473 g/mol. The second-order valence-electron chi connectivity index (χ2n) is 6.98. The summed E-state index contributed by atoms with van der Waals surface area (Å²) in [5.41, 5.74) is -1.37. The number of alkyl halides is 3. The number of thiazole rings is 1. The number of fused-ring (bicyclic) bond motifs is 1. The second kappa shape index (κ2) is 8.09. The molecule has 1 saturated heterocycles. The molecule has 0 N–H and O–H groups in total. The van der Waals surface area contributed by atoms with E-state index in [1.54, 1.807) is 16.5 Å². The predicted octanol–water partition coefficient (Wildman–Crippen LogP) is 3.66. The maximum atomic E-state index is 13.1. The Labute approximate surface area is 182 Å². The number of halogens is 4. The summed E-state index contributed by atoms with van der Waals surface area (Å²) in [5, 5.41) is 12.6. The summed E-state index contributed by atoms with van der Waals surface area (Å²) >= 11 is 7.13.